The Labute approximate surface area is 132 Å². The van der Waals surface area contributed by atoms with Gasteiger partial charge in [-0.1, -0.05) is 45.7 Å². The van der Waals surface area contributed by atoms with Crippen LogP contribution in [0.1, 0.15) is 18.1 Å². The number of ether oxygens (including phenoxy) is 2. The van der Waals surface area contributed by atoms with E-state index in [-0.39, 0.29) is 0 Å². The third-order valence-electron chi connectivity index (χ3n) is 2.77. The quantitative estimate of drug-likeness (QED) is 0.662. The van der Waals surface area contributed by atoms with Crippen LogP contribution in [-0.2, 0) is 11.9 Å². The van der Waals surface area contributed by atoms with E-state index >= 15 is 0 Å². The summed E-state index contributed by atoms with van der Waals surface area (Å²) in [5.41, 5.74) is 2.23. The second kappa shape index (κ2) is 7.55. The Morgan fingerprint density at radius 1 is 0.950 bits per heavy atom. The van der Waals surface area contributed by atoms with Crippen molar-refractivity contribution in [3.05, 3.63) is 58.6 Å². The number of hydrogen-bond acceptors (Lipinski definition) is 2. The predicted molar refractivity (Wildman–Crippen MR) is 86.0 cm³/mol. The molecule has 0 atom stereocenters. The van der Waals surface area contributed by atoms with Crippen LogP contribution < -0.4 is 9.47 Å². The Kier molecular flexibility index (Phi) is 5.74. The van der Waals surface area contributed by atoms with Crippen molar-refractivity contribution >= 4 is 27.5 Å². The normalized spacial score (nSPS) is 10.3. The molecule has 0 saturated carbocycles. The molecule has 0 fully saturated rings. The largest absolute Gasteiger partial charge is 0.490 e. The molecule has 0 bridgehead atoms. The molecule has 2 rings (SSSR count). The van der Waals surface area contributed by atoms with Crippen LogP contribution >= 0.6 is 27.5 Å². The van der Waals surface area contributed by atoms with Crippen LogP contribution in [0.4, 0.5) is 0 Å². The van der Waals surface area contributed by atoms with Crippen LogP contribution in [0.2, 0.25) is 5.02 Å². The predicted octanol–water partition coefficient (Wildman–Crippen LogP) is 5.21. The molecular weight excluding hydrogens is 340 g/mol. The molecule has 0 aliphatic carbocycles. The van der Waals surface area contributed by atoms with Gasteiger partial charge in [0.05, 0.1) is 6.61 Å². The Morgan fingerprint density at radius 3 is 2.30 bits per heavy atom. The maximum absolute atomic E-state index is 5.86. The lowest BCUT2D eigenvalue weighted by molar-refractivity contribution is 0.269. The van der Waals surface area contributed by atoms with Crippen molar-refractivity contribution < 1.29 is 9.47 Å². The Balaban J connectivity index is 2.09. The van der Waals surface area contributed by atoms with Crippen molar-refractivity contribution in [2.24, 2.45) is 0 Å². The molecule has 20 heavy (non-hydrogen) atoms. The van der Waals surface area contributed by atoms with Crippen molar-refractivity contribution in [2.45, 2.75) is 18.9 Å². The summed E-state index contributed by atoms with van der Waals surface area (Å²) in [6.45, 7) is 3.07. The van der Waals surface area contributed by atoms with Gasteiger partial charge in [0, 0.05) is 10.4 Å². The van der Waals surface area contributed by atoms with E-state index in [1.807, 2.05) is 49.4 Å². The molecule has 106 valence electrons. The minimum atomic E-state index is 0.491. The summed E-state index contributed by atoms with van der Waals surface area (Å²) in [4.78, 5) is 0. The SMILES string of the molecule is CCOc1cc(CBr)ccc1OCc1ccc(Cl)cc1. The third kappa shape index (κ3) is 4.15. The van der Waals surface area contributed by atoms with E-state index in [1.54, 1.807) is 0 Å². The average molecular weight is 356 g/mol. The fourth-order valence-corrected chi connectivity index (χ4v) is 2.24. The van der Waals surface area contributed by atoms with Crippen molar-refractivity contribution in [1.29, 1.82) is 0 Å². The van der Waals surface area contributed by atoms with E-state index in [4.69, 9.17) is 21.1 Å². The molecule has 0 unspecified atom stereocenters. The Morgan fingerprint density at radius 2 is 1.65 bits per heavy atom. The summed E-state index contributed by atoms with van der Waals surface area (Å²) in [5, 5.41) is 1.52. The van der Waals surface area contributed by atoms with Crippen LogP contribution in [0.3, 0.4) is 0 Å². The van der Waals surface area contributed by atoms with Crippen LogP contribution in [0.25, 0.3) is 0 Å². The maximum Gasteiger partial charge on any atom is 0.161 e. The molecule has 0 heterocycles. The first-order chi connectivity index (χ1) is 9.72. The fourth-order valence-electron chi connectivity index (χ4n) is 1.76. The number of benzene rings is 2. The van der Waals surface area contributed by atoms with Gasteiger partial charge in [-0.2, -0.15) is 0 Å². The van der Waals surface area contributed by atoms with E-state index in [0.717, 1.165) is 33.0 Å². The molecule has 0 aliphatic heterocycles. The van der Waals surface area contributed by atoms with Crippen molar-refractivity contribution in [1.82, 2.24) is 0 Å². The van der Waals surface area contributed by atoms with Crippen LogP contribution in [-0.4, -0.2) is 6.61 Å². The number of rotatable bonds is 6. The molecule has 0 saturated heterocycles. The molecule has 2 aromatic rings. The van der Waals surface area contributed by atoms with Gasteiger partial charge >= 0.3 is 0 Å². The highest BCUT2D eigenvalue weighted by Gasteiger charge is 2.06. The summed E-state index contributed by atoms with van der Waals surface area (Å²) < 4.78 is 11.5. The smallest absolute Gasteiger partial charge is 0.161 e. The molecule has 0 aromatic heterocycles. The summed E-state index contributed by atoms with van der Waals surface area (Å²) in [6.07, 6.45) is 0. The van der Waals surface area contributed by atoms with Gasteiger partial charge in [-0.3, -0.25) is 0 Å². The van der Waals surface area contributed by atoms with Crippen molar-refractivity contribution in [3.63, 3.8) is 0 Å². The van der Waals surface area contributed by atoms with Gasteiger partial charge in [0.25, 0.3) is 0 Å². The number of halogens is 2. The Hall–Kier alpha value is -1.19. The second-order valence-electron chi connectivity index (χ2n) is 4.26. The molecule has 2 nitrogen and oxygen atoms in total. The topological polar surface area (TPSA) is 18.5 Å². The van der Waals surface area contributed by atoms with Gasteiger partial charge in [0.15, 0.2) is 11.5 Å². The molecule has 2 aromatic carbocycles. The zero-order valence-corrected chi connectivity index (χ0v) is 13.6. The molecular formula is C16H16BrClO2. The Bertz CT molecular complexity index is 555. The standard InChI is InChI=1S/C16H16BrClO2/c1-2-19-16-9-13(10-17)5-8-15(16)20-11-12-3-6-14(18)7-4-12/h3-9H,2,10-11H2,1H3. The van der Waals surface area contributed by atoms with E-state index in [2.05, 4.69) is 15.9 Å². The van der Waals surface area contributed by atoms with Crippen LogP contribution in [0, 0.1) is 0 Å². The van der Waals surface area contributed by atoms with Gasteiger partial charge in [0.2, 0.25) is 0 Å². The van der Waals surface area contributed by atoms with Crippen LogP contribution in [0.5, 0.6) is 11.5 Å². The second-order valence-corrected chi connectivity index (χ2v) is 5.26. The lowest BCUT2D eigenvalue weighted by Gasteiger charge is -2.13. The minimum Gasteiger partial charge on any atom is -0.490 e. The van der Waals surface area contributed by atoms with Gasteiger partial charge in [0.1, 0.15) is 6.61 Å². The highest BCUT2D eigenvalue weighted by molar-refractivity contribution is 9.08. The minimum absolute atomic E-state index is 0.491. The van der Waals surface area contributed by atoms with E-state index in [9.17, 15) is 0 Å². The molecule has 0 aliphatic rings. The van der Waals surface area contributed by atoms with E-state index in [1.165, 1.54) is 0 Å². The molecule has 0 amide bonds. The fraction of sp³-hybridized carbons (Fsp3) is 0.250. The molecule has 0 radical (unpaired) electrons. The highest BCUT2D eigenvalue weighted by atomic mass is 79.9. The lowest BCUT2D eigenvalue weighted by atomic mass is 10.2. The highest BCUT2D eigenvalue weighted by Crippen LogP contribution is 2.30. The first-order valence-corrected chi connectivity index (χ1v) is 7.91. The van der Waals surface area contributed by atoms with E-state index in [0.29, 0.717) is 13.2 Å². The zero-order valence-electron chi connectivity index (χ0n) is 11.2. The number of alkyl halides is 1. The summed E-state index contributed by atoms with van der Waals surface area (Å²) in [7, 11) is 0. The van der Waals surface area contributed by atoms with Gasteiger partial charge in [-0.15, -0.1) is 0 Å². The summed E-state index contributed by atoms with van der Waals surface area (Å²) in [6, 6.07) is 13.6. The van der Waals surface area contributed by atoms with Gasteiger partial charge in [-0.05, 0) is 42.3 Å². The summed E-state index contributed by atoms with van der Waals surface area (Å²) >= 11 is 9.30. The lowest BCUT2D eigenvalue weighted by Crippen LogP contribution is -2.00. The summed E-state index contributed by atoms with van der Waals surface area (Å²) in [5.74, 6) is 1.53. The monoisotopic (exact) mass is 354 g/mol. The molecule has 0 spiro atoms. The first kappa shape index (κ1) is 15.2. The maximum atomic E-state index is 5.86. The average Bonchev–Trinajstić information content (AvgIpc) is 2.48. The number of hydrogen-bond donors (Lipinski definition) is 0. The van der Waals surface area contributed by atoms with Crippen molar-refractivity contribution in [3.8, 4) is 11.5 Å². The van der Waals surface area contributed by atoms with E-state index < -0.39 is 0 Å². The van der Waals surface area contributed by atoms with Gasteiger partial charge < -0.3 is 9.47 Å². The van der Waals surface area contributed by atoms with Crippen molar-refractivity contribution in [2.75, 3.05) is 6.61 Å². The van der Waals surface area contributed by atoms with Crippen LogP contribution in [0.15, 0.2) is 42.5 Å². The zero-order chi connectivity index (χ0) is 14.4. The first-order valence-electron chi connectivity index (χ1n) is 6.42. The molecule has 0 N–H and O–H groups in total. The third-order valence-corrected chi connectivity index (χ3v) is 3.67. The van der Waals surface area contributed by atoms with Gasteiger partial charge in [-0.25, -0.2) is 0 Å². The molecule has 4 heteroatoms.